The molecule has 0 spiro atoms. The quantitative estimate of drug-likeness (QED) is 0.863. The van der Waals surface area contributed by atoms with Crippen molar-refractivity contribution in [2.45, 2.75) is 6.92 Å². The third-order valence-corrected chi connectivity index (χ3v) is 2.81. The molecule has 8 heteroatoms. The lowest BCUT2D eigenvalue weighted by atomic mass is 10.3. The Kier molecular flexibility index (Phi) is 4.57. The predicted molar refractivity (Wildman–Crippen MR) is 79.4 cm³/mol. The van der Waals surface area contributed by atoms with Crippen LogP contribution in [0.15, 0.2) is 22.7 Å². The smallest absolute Gasteiger partial charge is 0.323 e. The Balaban J connectivity index is 2.31. The van der Waals surface area contributed by atoms with Gasteiger partial charge in [-0.05, 0) is 25.1 Å². The number of methoxy groups -OCH3 is 1. The normalized spacial score (nSPS) is 10.2. The molecule has 1 aromatic heterocycles. The van der Waals surface area contributed by atoms with Gasteiger partial charge in [0.2, 0.25) is 11.9 Å². The zero-order valence-corrected chi connectivity index (χ0v) is 12.6. The van der Waals surface area contributed by atoms with E-state index in [4.69, 9.17) is 15.2 Å². The van der Waals surface area contributed by atoms with Gasteiger partial charge in [0.05, 0.1) is 19.4 Å². The number of nitrogens with zero attached hydrogens (tertiary/aromatic N) is 3. The van der Waals surface area contributed by atoms with Crippen LogP contribution in [-0.4, -0.2) is 28.7 Å². The second-order valence-corrected chi connectivity index (χ2v) is 4.62. The number of rotatable bonds is 5. The minimum Gasteiger partial charge on any atom is -0.495 e. The highest BCUT2D eigenvalue weighted by atomic mass is 79.9. The molecule has 0 radical (unpaired) electrons. The molecule has 0 saturated carbocycles. The molecule has 0 atom stereocenters. The number of ether oxygens (including phenoxy) is 2. The van der Waals surface area contributed by atoms with Crippen molar-refractivity contribution in [3.8, 4) is 11.8 Å². The number of anilines is 3. The number of aromatic nitrogens is 3. The summed E-state index contributed by atoms with van der Waals surface area (Å²) < 4.78 is 11.4. The lowest BCUT2D eigenvalue weighted by Crippen LogP contribution is -2.07. The predicted octanol–water partition coefficient (Wildman–Crippen LogP) is 2.37. The van der Waals surface area contributed by atoms with Gasteiger partial charge < -0.3 is 20.5 Å². The Morgan fingerprint density at radius 2 is 2.10 bits per heavy atom. The van der Waals surface area contributed by atoms with Gasteiger partial charge in [0.15, 0.2) is 0 Å². The molecule has 1 heterocycles. The van der Waals surface area contributed by atoms with Crippen LogP contribution in [0.4, 0.5) is 17.6 Å². The first-order valence-electron chi connectivity index (χ1n) is 5.87. The molecule has 0 aliphatic carbocycles. The standard InChI is InChI=1S/C12H14BrN5O2/c1-3-20-12-17-10(14)16-11(18-12)15-8-6-7(13)4-5-9(8)19-2/h4-6H,3H2,1-2H3,(H3,14,15,16,17,18). The third kappa shape index (κ3) is 3.47. The number of nitrogens with two attached hydrogens (primary N) is 1. The summed E-state index contributed by atoms with van der Waals surface area (Å²) in [5, 5.41) is 3.03. The van der Waals surface area contributed by atoms with E-state index in [1.165, 1.54) is 0 Å². The summed E-state index contributed by atoms with van der Waals surface area (Å²) in [7, 11) is 1.59. The van der Waals surface area contributed by atoms with Gasteiger partial charge in [-0.2, -0.15) is 15.0 Å². The number of benzene rings is 1. The van der Waals surface area contributed by atoms with Gasteiger partial charge in [-0.25, -0.2) is 0 Å². The Morgan fingerprint density at radius 1 is 1.30 bits per heavy atom. The highest BCUT2D eigenvalue weighted by Crippen LogP contribution is 2.30. The molecule has 0 amide bonds. The van der Waals surface area contributed by atoms with Crippen molar-refractivity contribution in [3.05, 3.63) is 22.7 Å². The number of hydrogen-bond acceptors (Lipinski definition) is 7. The van der Waals surface area contributed by atoms with Crippen LogP contribution in [0.25, 0.3) is 0 Å². The minimum atomic E-state index is 0.0833. The average molecular weight is 340 g/mol. The fourth-order valence-electron chi connectivity index (χ4n) is 1.52. The van der Waals surface area contributed by atoms with Crippen LogP contribution in [0, 0.1) is 0 Å². The van der Waals surface area contributed by atoms with Crippen molar-refractivity contribution >= 4 is 33.5 Å². The monoisotopic (exact) mass is 339 g/mol. The summed E-state index contributed by atoms with van der Waals surface area (Å²) in [6.45, 7) is 2.29. The van der Waals surface area contributed by atoms with E-state index in [1.54, 1.807) is 7.11 Å². The van der Waals surface area contributed by atoms with Crippen LogP contribution in [0.1, 0.15) is 6.92 Å². The van der Waals surface area contributed by atoms with E-state index in [9.17, 15) is 0 Å². The minimum absolute atomic E-state index is 0.0833. The van der Waals surface area contributed by atoms with Crippen LogP contribution in [0.5, 0.6) is 11.8 Å². The number of hydrogen-bond donors (Lipinski definition) is 2. The first-order valence-corrected chi connectivity index (χ1v) is 6.66. The van der Waals surface area contributed by atoms with E-state index in [0.717, 1.165) is 4.47 Å². The van der Waals surface area contributed by atoms with E-state index >= 15 is 0 Å². The summed E-state index contributed by atoms with van der Waals surface area (Å²) in [6, 6.07) is 5.72. The number of nitrogens with one attached hydrogen (secondary N) is 1. The van der Waals surface area contributed by atoms with Crippen molar-refractivity contribution in [2.24, 2.45) is 0 Å². The lowest BCUT2D eigenvalue weighted by Gasteiger charge is -2.11. The first-order chi connectivity index (χ1) is 9.62. The second kappa shape index (κ2) is 6.38. The fourth-order valence-corrected chi connectivity index (χ4v) is 1.88. The molecule has 7 nitrogen and oxygen atoms in total. The molecule has 0 fully saturated rings. The van der Waals surface area contributed by atoms with Gasteiger partial charge in [-0.3, -0.25) is 0 Å². The Morgan fingerprint density at radius 3 is 2.80 bits per heavy atom. The van der Waals surface area contributed by atoms with Gasteiger partial charge >= 0.3 is 6.01 Å². The van der Waals surface area contributed by atoms with Crippen LogP contribution in [0.2, 0.25) is 0 Å². The van der Waals surface area contributed by atoms with Gasteiger partial charge in [0, 0.05) is 4.47 Å². The van der Waals surface area contributed by atoms with Crippen molar-refractivity contribution < 1.29 is 9.47 Å². The molecule has 0 saturated heterocycles. The van der Waals surface area contributed by atoms with Crippen molar-refractivity contribution in [1.29, 1.82) is 0 Å². The molecule has 0 bridgehead atoms. The molecule has 0 aliphatic heterocycles. The summed E-state index contributed by atoms with van der Waals surface area (Å²) in [4.78, 5) is 12.0. The van der Waals surface area contributed by atoms with Gasteiger partial charge in [-0.1, -0.05) is 15.9 Å². The maximum absolute atomic E-state index is 5.62. The Hall–Kier alpha value is -2.09. The Labute approximate surface area is 124 Å². The van der Waals surface area contributed by atoms with E-state index in [0.29, 0.717) is 18.0 Å². The maximum atomic E-state index is 5.62. The van der Waals surface area contributed by atoms with Crippen molar-refractivity contribution in [2.75, 3.05) is 24.8 Å². The van der Waals surface area contributed by atoms with Gasteiger partial charge in [0.1, 0.15) is 5.75 Å². The molecule has 0 aliphatic rings. The van der Waals surface area contributed by atoms with Gasteiger partial charge in [-0.15, -0.1) is 0 Å². The zero-order chi connectivity index (χ0) is 14.5. The molecule has 2 aromatic rings. The average Bonchev–Trinajstić information content (AvgIpc) is 2.38. The van der Waals surface area contributed by atoms with Crippen LogP contribution in [-0.2, 0) is 0 Å². The lowest BCUT2D eigenvalue weighted by molar-refractivity contribution is 0.312. The Bertz CT molecular complexity index is 608. The molecular weight excluding hydrogens is 326 g/mol. The zero-order valence-electron chi connectivity index (χ0n) is 11.1. The molecule has 106 valence electrons. The molecule has 0 unspecified atom stereocenters. The van der Waals surface area contributed by atoms with Crippen LogP contribution < -0.4 is 20.5 Å². The molecular formula is C12H14BrN5O2. The molecule has 3 N–H and O–H groups in total. The van der Waals surface area contributed by atoms with Crippen molar-refractivity contribution in [1.82, 2.24) is 15.0 Å². The molecule has 2 rings (SSSR count). The topological polar surface area (TPSA) is 95.2 Å². The first kappa shape index (κ1) is 14.3. The third-order valence-electron chi connectivity index (χ3n) is 2.31. The van der Waals surface area contributed by atoms with E-state index < -0.39 is 0 Å². The summed E-state index contributed by atoms with van der Waals surface area (Å²) in [6.07, 6.45) is 0. The van der Waals surface area contributed by atoms with Crippen LogP contribution in [0.3, 0.4) is 0 Å². The fraction of sp³-hybridized carbons (Fsp3) is 0.250. The highest BCUT2D eigenvalue weighted by molar-refractivity contribution is 9.10. The van der Waals surface area contributed by atoms with E-state index in [-0.39, 0.29) is 17.9 Å². The van der Waals surface area contributed by atoms with Crippen LogP contribution >= 0.6 is 15.9 Å². The summed E-state index contributed by atoms with van der Waals surface area (Å²) >= 11 is 3.39. The summed E-state index contributed by atoms with van der Waals surface area (Å²) in [5.41, 5.74) is 6.32. The maximum Gasteiger partial charge on any atom is 0.323 e. The number of nitrogen functional groups attached to an aromatic ring is 1. The highest BCUT2D eigenvalue weighted by Gasteiger charge is 2.09. The van der Waals surface area contributed by atoms with Gasteiger partial charge in [0.25, 0.3) is 0 Å². The molecule has 20 heavy (non-hydrogen) atoms. The SMILES string of the molecule is CCOc1nc(N)nc(Nc2cc(Br)ccc2OC)n1. The van der Waals surface area contributed by atoms with E-state index in [1.807, 2.05) is 25.1 Å². The number of halogens is 1. The molecule has 1 aromatic carbocycles. The van der Waals surface area contributed by atoms with Crippen molar-refractivity contribution in [3.63, 3.8) is 0 Å². The summed E-state index contributed by atoms with van der Waals surface area (Å²) in [5.74, 6) is 1.03. The second-order valence-electron chi connectivity index (χ2n) is 3.70. The van der Waals surface area contributed by atoms with E-state index in [2.05, 4.69) is 36.2 Å². The largest absolute Gasteiger partial charge is 0.495 e.